The second-order valence-electron chi connectivity index (χ2n) is 6.37. The third-order valence-corrected chi connectivity index (χ3v) is 4.36. The molecule has 6 heteroatoms. The first-order valence-electron chi connectivity index (χ1n) is 9.06. The molecule has 136 valence electrons. The molecule has 1 aromatic heterocycles. The zero-order chi connectivity index (χ0) is 18.2. The highest BCUT2D eigenvalue weighted by Crippen LogP contribution is 2.19. The molecule has 26 heavy (non-hydrogen) atoms. The molecule has 0 radical (unpaired) electrons. The summed E-state index contributed by atoms with van der Waals surface area (Å²) in [6.45, 7) is 2.56. The highest BCUT2D eigenvalue weighted by atomic mass is 16.2. The lowest BCUT2D eigenvalue weighted by Gasteiger charge is -2.16. The number of hydrogen-bond acceptors (Lipinski definition) is 4. The van der Waals surface area contributed by atoms with Gasteiger partial charge in [-0.2, -0.15) is 0 Å². The van der Waals surface area contributed by atoms with Gasteiger partial charge in [0.25, 0.3) is 5.91 Å². The summed E-state index contributed by atoms with van der Waals surface area (Å²) in [5.74, 6) is 0.770. The monoisotopic (exact) mass is 352 g/mol. The number of pyridine rings is 1. The number of nitrogens with zero attached hydrogens (tertiary/aromatic N) is 2. The molecule has 6 nitrogen and oxygen atoms in total. The van der Waals surface area contributed by atoms with Crippen molar-refractivity contribution in [3.63, 3.8) is 0 Å². The van der Waals surface area contributed by atoms with Gasteiger partial charge in [0, 0.05) is 31.6 Å². The number of hydrogen-bond donors (Lipinski definition) is 2. The van der Waals surface area contributed by atoms with Crippen LogP contribution in [0, 0.1) is 0 Å². The second-order valence-corrected chi connectivity index (χ2v) is 6.37. The van der Waals surface area contributed by atoms with E-state index >= 15 is 0 Å². The van der Waals surface area contributed by atoms with Gasteiger partial charge in [-0.05, 0) is 43.5 Å². The first-order valence-corrected chi connectivity index (χ1v) is 9.06. The van der Waals surface area contributed by atoms with Crippen LogP contribution in [0.15, 0.2) is 48.7 Å². The Balaban J connectivity index is 1.37. The lowest BCUT2D eigenvalue weighted by atomic mass is 10.2. The topological polar surface area (TPSA) is 74.3 Å². The van der Waals surface area contributed by atoms with E-state index in [0.717, 1.165) is 18.9 Å². The number of amides is 2. The standard InChI is InChI=1S/C20H24N4O2/c25-19(9-6-12-21-20(26)16-7-2-1-3-8-16)23-17-10-11-18(22-15-17)24-13-4-5-14-24/h1-3,7-8,10-11,15H,4-6,9,12-14H2,(H,21,26)(H,23,25). The zero-order valence-electron chi connectivity index (χ0n) is 14.8. The Bertz CT molecular complexity index is 725. The van der Waals surface area contributed by atoms with Gasteiger partial charge in [0.1, 0.15) is 5.82 Å². The van der Waals surface area contributed by atoms with Crippen molar-refractivity contribution in [2.75, 3.05) is 29.9 Å². The number of carbonyl (C=O) groups excluding carboxylic acids is 2. The average molecular weight is 352 g/mol. The predicted molar refractivity (Wildman–Crippen MR) is 102 cm³/mol. The van der Waals surface area contributed by atoms with Gasteiger partial charge in [-0.25, -0.2) is 4.98 Å². The van der Waals surface area contributed by atoms with E-state index in [1.807, 2.05) is 30.3 Å². The van der Waals surface area contributed by atoms with E-state index in [2.05, 4.69) is 20.5 Å². The van der Waals surface area contributed by atoms with Gasteiger partial charge in [-0.3, -0.25) is 9.59 Å². The minimum atomic E-state index is -0.118. The van der Waals surface area contributed by atoms with Gasteiger partial charge in [-0.1, -0.05) is 18.2 Å². The molecule has 2 N–H and O–H groups in total. The van der Waals surface area contributed by atoms with Crippen molar-refractivity contribution >= 4 is 23.3 Å². The molecule has 0 aliphatic carbocycles. The van der Waals surface area contributed by atoms with E-state index < -0.39 is 0 Å². The van der Waals surface area contributed by atoms with Gasteiger partial charge >= 0.3 is 0 Å². The van der Waals surface area contributed by atoms with Crippen molar-refractivity contribution in [1.82, 2.24) is 10.3 Å². The molecule has 2 heterocycles. The van der Waals surface area contributed by atoms with Crippen LogP contribution in [0.1, 0.15) is 36.0 Å². The Morgan fingerprint density at radius 2 is 1.81 bits per heavy atom. The summed E-state index contributed by atoms with van der Waals surface area (Å²) in [5, 5.41) is 5.67. The molecule has 3 rings (SSSR count). The molecule has 0 unspecified atom stereocenters. The van der Waals surface area contributed by atoms with E-state index in [-0.39, 0.29) is 11.8 Å². The molecule has 0 atom stereocenters. The van der Waals surface area contributed by atoms with Crippen LogP contribution in [0.3, 0.4) is 0 Å². The van der Waals surface area contributed by atoms with Crippen molar-refractivity contribution in [2.45, 2.75) is 25.7 Å². The fourth-order valence-corrected chi connectivity index (χ4v) is 2.96. The zero-order valence-corrected chi connectivity index (χ0v) is 14.8. The summed E-state index contributed by atoms with van der Waals surface area (Å²) in [6, 6.07) is 12.9. The summed E-state index contributed by atoms with van der Waals surface area (Å²) >= 11 is 0. The second kappa shape index (κ2) is 8.99. The van der Waals surface area contributed by atoms with Crippen molar-refractivity contribution in [3.8, 4) is 0 Å². The van der Waals surface area contributed by atoms with Crippen LogP contribution in [-0.4, -0.2) is 36.4 Å². The predicted octanol–water partition coefficient (Wildman–Crippen LogP) is 2.83. The largest absolute Gasteiger partial charge is 0.357 e. The Kier molecular flexibility index (Phi) is 6.19. The highest BCUT2D eigenvalue weighted by molar-refractivity contribution is 5.94. The summed E-state index contributed by atoms with van der Waals surface area (Å²) in [7, 11) is 0. The van der Waals surface area contributed by atoms with Crippen molar-refractivity contribution in [3.05, 3.63) is 54.2 Å². The molecule has 1 aliphatic heterocycles. The van der Waals surface area contributed by atoms with Crippen LogP contribution in [-0.2, 0) is 4.79 Å². The van der Waals surface area contributed by atoms with Gasteiger partial charge < -0.3 is 15.5 Å². The summed E-state index contributed by atoms with van der Waals surface area (Å²) < 4.78 is 0. The molecule has 0 bridgehead atoms. The van der Waals surface area contributed by atoms with Crippen molar-refractivity contribution in [1.29, 1.82) is 0 Å². The number of rotatable bonds is 7. The fourth-order valence-electron chi connectivity index (χ4n) is 2.96. The average Bonchev–Trinajstić information content (AvgIpc) is 3.21. The maximum absolute atomic E-state index is 12.0. The van der Waals surface area contributed by atoms with Crippen LogP contribution in [0.4, 0.5) is 11.5 Å². The Labute approximate surface area is 153 Å². The summed E-state index contributed by atoms with van der Waals surface area (Å²) in [5.41, 5.74) is 1.33. The molecule has 0 saturated carbocycles. The van der Waals surface area contributed by atoms with E-state index in [1.165, 1.54) is 12.8 Å². The van der Waals surface area contributed by atoms with E-state index in [9.17, 15) is 9.59 Å². The highest BCUT2D eigenvalue weighted by Gasteiger charge is 2.13. The van der Waals surface area contributed by atoms with E-state index in [0.29, 0.717) is 30.6 Å². The number of aromatic nitrogens is 1. The Hall–Kier alpha value is -2.89. The molecule has 1 saturated heterocycles. The van der Waals surface area contributed by atoms with Crippen LogP contribution in [0.25, 0.3) is 0 Å². The minimum Gasteiger partial charge on any atom is -0.357 e. The SMILES string of the molecule is O=C(CCCNC(=O)c1ccccc1)Nc1ccc(N2CCCC2)nc1. The van der Waals surface area contributed by atoms with Crippen LogP contribution >= 0.6 is 0 Å². The molecule has 1 aromatic carbocycles. The third kappa shape index (κ3) is 5.05. The van der Waals surface area contributed by atoms with Gasteiger partial charge in [-0.15, -0.1) is 0 Å². The van der Waals surface area contributed by atoms with E-state index in [4.69, 9.17) is 0 Å². The van der Waals surface area contributed by atoms with Gasteiger partial charge in [0.15, 0.2) is 0 Å². The number of anilines is 2. The molecular formula is C20H24N4O2. The van der Waals surface area contributed by atoms with E-state index in [1.54, 1.807) is 18.3 Å². The lowest BCUT2D eigenvalue weighted by Crippen LogP contribution is -2.25. The minimum absolute atomic E-state index is 0.0744. The number of nitrogens with one attached hydrogen (secondary N) is 2. The molecular weight excluding hydrogens is 328 g/mol. The van der Waals surface area contributed by atoms with Crippen LogP contribution in [0.2, 0.25) is 0 Å². The molecule has 0 spiro atoms. The van der Waals surface area contributed by atoms with Gasteiger partial charge in [0.05, 0.1) is 11.9 Å². The maximum atomic E-state index is 12.0. The third-order valence-electron chi connectivity index (χ3n) is 4.36. The number of carbonyl (C=O) groups is 2. The van der Waals surface area contributed by atoms with Gasteiger partial charge in [0.2, 0.25) is 5.91 Å². The van der Waals surface area contributed by atoms with Crippen molar-refractivity contribution in [2.24, 2.45) is 0 Å². The van der Waals surface area contributed by atoms with Crippen LogP contribution < -0.4 is 15.5 Å². The normalized spacial score (nSPS) is 13.5. The Morgan fingerprint density at radius 3 is 2.50 bits per heavy atom. The molecule has 2 aromatic rings. The Morgan fingerprint density at radius 1 is 1.04 bits per heavy atom. The lowest BCUT2D eigenvalue weighted by molar-refractivity contribution is -0.116. The molecule has 1 fully saturated rings. The summed E-state index contributed by atoms with van der Waals surface area (Å²) in [4.78, 5) is 30.6. The fraction of sp³-hybridized carbons (Fsp3) is 0.350. The first-order chi connectivity index (χ1) is 12.7. The van der Waals surface area contributed by atoms with Crippen molar-refractivity contribution < 1.29 is 9.59 Å². The maximum Gasteiger partial charge on any atom is 0.251 e. The summed E-state index contributed by atoms with van der Waals surface area (Å²) in [6.07, 6.45) is 5.05. The quantitative estimate of drug-likeness (QED) is 0.752. The number of benzene rings is 1. The molecule has 2 amide bonds. The molecule has 1 aliphatic rings. The van der Waals surface area contributed by atoms with Crippen LogP contribution in [0.5, 0.6) is 0 Å². The smallest absolute Gasteiger partial charge is 0.251 e. The first kappa shape index (κ1) is 17.9.